The van der Waals surface area contributed by atoms with Crippen molar-refractivity contribution in [3.8, 4) is 11.8 Å². The standard InChI is InChI=1S/C20H16N2O3/c1-12(23)17-18(13-7-9-15(24)10-8-13)16(11-21)20(22)25-19(17)14-5-3-2-4-6-14/h2-10,18,24H,22H2,1H3/t18-/m0/s1. The summed E-state index contributed by atoms with van der Waals surface area (Å²) < 4.78 is 5.67. The van der Waals surface area contributed by atoms with Gasteiger partial charge in [0.2, 0.25) is 5.88 Å². The summed E-state index contributed by atoms with van der Waals surface area (Å²) in [7, 11) is 0. The number of hydrogen-bond acceptors (Lipinski definition) is 5. The molecule has 0 bridgehead atoms. The SMILES string of the molecule is CC(=O)C1=C(c2ccccc2)OC(N)=C(C#N)[C@@H]1c1ccc(O)cc1. The van der Waals surface area contributed by atoms with Gasteiger partial charge in [0.05, 0.1) is 11.5 Å². The van der Waals surface area contributed by atoms with E-state index in [0.29, 0.717) is 22.5 Å². The van der Waals surface area contributed by atoms with Crippen LogP contribution in [0, 0.1) is 11.3 Å². The maximum atomic E-state index is 12.4. The summed E-state index contributed by atoms with van der Waals surface area (Å²) in [4.78, 5) is 12.4. The zero-order valence-electron chi connectivity index (χ0n) is 13.6. The number of ether oxygens (including phenoxy) is 1. The molecular formula is C20H16N2O3. The van der Waals surface area contributed by atoms with Crippen molar-refractivity contribution in [3.63, 3.8) is 0 Å². The number of nitriles is 1. The van der Waals surface area contributed by atoms with E-state index in [1.54, 1.807) is 12.1 Å². The molecule has 1 atom stereocenters. The van der Waals surface area contributed by atoms with Crippen LogP contribution < -0.4 is 5.73 Å². The highest BCUT2D eigenvalue weighted by molar-refractivity contribution is 6.03. The molecule has 0 spiro atoms. The van der Waals surface area contributed by atoms with Crippen molar-refractivity contribution in [3.05, 3.63) is 82.8 Å². The van der Waals surface area contributed by atoms with Gasteiger partial charge in [0, 0.05) is 5.56 Å². The average Bonchev–Trinajstić information content (AvgIpc) is 2.62. The van der Waals surface area contributed by atoms with Gasteiger partial charge in [0.15, 0.2) is 5.78 Å². The Morgan fingerprint density at radius 2 is 1.80 bits per heavy atom. The number of ketones is 1. The molecule has 0 saturated heterocycles. The van der Waals surface area contributed by atoms with Crippen LogP contribution in [-0.2, 0) is 9.53 Å². The van der Waals surface area contributed by atoms with E-state index in [1.807, 2.05) is 30.3 Å². The van der Waals surface area contributed by atoms with Crippen LogP contribution in [0.4, 0.5) is 0 Å². The third kappa shape index (κ3) is 2.98. The Hall–Kier alpha value is -3.52. The van der Waals surface area contributed by atoms with Crippen LogP contribution in [0.2, 0.25) is 0 Å². The van der Waals surface area contributed by atoms with Crippen LogP contribution in [0.3, 0.4) is 0 Å². The Balaban J connectivity index is 2.27. The summed E-state index contributed by atoms with van der Waals surface area (Å²) in [5, 5.41) is 19.1. The lowest BCUT2D eigenvalue weighted by Crippen LogP contribution is -2.23. The number of nitrogens with two attached hydrogens (primary N) is 1. The molecule has 3 rings (SSSR count). The van der Waals surface area contributed by atoms with Crippen molar-refractivity contribution >= 4 is 11.5 Å². The predicted octanol–water partition coefficient (Wildman–Crippen LogP) is 3.20. The molecule has 1 aliphatic rings. The Morgan fingerprint density at radius 1 is 1.16 bits per heavy atom. The Labute approximate surface area is 145 Å². The van der Waals surface area contributed by atoms with E-state index in [0.717, 1.165) is 0 Å². The van der Waals surface area contributed by atoms with Gasteiger partial charge in [-0.2, -0.15) is 5.26 Å². The van der Waals surface area contributed by atoms with Gasteiger partial charge >= 0.3 is 0 Å². The minimum absolute atomic E-state index is 0.0237. The molecule has 0 aromatic heterocycles. The minimum Gasteiger partial charge on any atom is -0.508 e. The second-order valence-corrected chi connectivity index (χ2v) is 5.68. The quantitative estimate of drug-likeness (QED) is 0.899. The number of benzene rings is 2. The van der Waals surface area contributed by atoms with Gasteiger partial charge in [-0.25, -0.2) is 0 Å². The molecule has 0 aliphatic carbocycles. The lowest BCUT2D eigenvalue weighted by Gasteiger charge is -2.28. The van der Waals surface area contributed by atoms with Crippen molar-refractivity contribution in [1.82, 2.24) is 0 Å². The third-order valence-electron chi connectivity index (χ3n) is 4.06. The van der Waals surface area contributed by atoms with E-state index in [9.17, 15) is 15.2 Å². The van der Waals surface area contributed by atoms with Gasteiger partial charge in [-0.3, -0.25) is 4.79 Å². The minimum atomic E-state index is -0.646. The second kappa shape index (κ2) is 6.54. The summed E-state index contributed by atoms with van der Waals surface area (Å²) in [5.41, 5.74) is 7.90. The smallest absolute Gasteiger partial charge is 0.205 e. The van der Waals surface area contributed by atoms with Crippen LogP contribution >= 0.6 is 0 Å². The Morgan fingerprint density at radius 3 is 2.36 bits per heavy atom. The molecule has 5 heteroatoms. The summed E-state index contributed by atoms with van der Waals surface area (Å²) in [6, 6.07) is 17.6. The van der Waals surface area contributed by atoms with E-state index in [2.05, 4.69) is 6.07 Å². The number of allylic oxidation sites excluding steroid dienone is 2. The zero-order chi connectivity index (χ0) is 18.0. The predicted molar refractivity (Wildman–Crippen MR) is 92.8 cm³/mol. The van der Waals surface area contributed by atoms with E-state index in [1.165, 1.54) is 19.1 Å². The molecule has 1 heterocycles. The van der Waals surface area contributed by atoms with E-state index >= 15 is 0 Å². The summed E-state index contributed by atoms with van der Waals surface area (Å²) in [6.07, 6.45) is 0. The molecule has 0 saturated carbocycles. The summed E-state index contributed by atoms with van der Waals surface area (Å²) in [6.45, 7) is 1.44. The number of phenolic OH excluding ortho intramolecular Hbond substituents is 1. The largest absolute Gasteiger partial charge is 0.508 e. The van der Waals surface area contributed by atoms with Gasteiger partial charge in [0.25, 0.3) is 0 Å². The molecule has 0 amide bonds. The van der Waals surface area contributed by atoms with Gasteiger partial charge < -0.3 is 15.6 Å². The number of phenols is 1. The van der Waals surface area contributed by atoms with Crippen molar-refractivity contribution in [2.75, 3.05) is 0 Å². The second-order valence-electron chi connectivity index (χ2n) is 5.68. The number of aromatic hydroxyl groups is 1. The number of nitrogens with zero attached hydrogens (tertiary/aromatic N) is 1. The van der Waals surface area contributed by atoms with Crippen molar-refractivity contribution in [1.29, 1.82) is 5.26 Å². The van der Waals surface area contributed by atoms with Crippen molar-refractivity contribution < 1.29 is 14.6 Å². The highest BCUT2D eigenvalue weighted by atomic mass is 16.5. The first-order chi connectivity index (χ1) is 12.0. The first-order valence-electron chi connectivity index (χ1n) is 7.70. The average molecular weight is 332 g/mol. The molecule has 2 aromatic carbocycles. The molecular weight excluding hydrogens is 316 g/mol. The zero-order valence-corrected chi connectivity index (χ0v) is 13.6. The first-order valence-corrected chi connectivity index (χ1v) is 7.70. The van der Waals surface area contributed by atoms with Crippen LogP contribution in [0.25, 0.3) is 5.76 Å². The maximum Gasteiger partial charge on any atom is 0.205 e. The van der Waals surface area contributed by atoms with Crippen molar-refractivity contribution in [2.45, 2.75) is 12.8 Å². The molecule has 2 aromatic rings. The summed E-state index contributed by atoms with van der Waals surface area (Å²) in [5.74, 6) is -0.431. The molecule has 124 valence electrons. The molecule has 0 radical (unpaired) electrons. The van der Waals surface area contributed by atoms with Gasteiger partial charge in [-0.05, 0) is 24.6 Å². The highest BCUT2D eigenvalue weighted by Crippen LogP contribution is 2.42. The first kappa shape index (κ1) is 16.3. The molecule has 5 nitrogen and oxygen atoms in total. The van der Waals surface area contributed by atoms with Crippen LogP contribution in [-0.4, -0.2) is 10.9 Å². The van der Waals surface area contributed by atoms with E-state index < -0.39 is 5.92 Å². The lowest BCUT2D eigenvalue weighted by molar-refractivity contribution is -0.113. The third-order valence-corrected chi connectivity index (χ3v) is 4.06. The van der Waals surface area contributed by atoms with E-state index in [-0.39, 0.29) is 23.0 Å². The fourth-order valence-electron chi connectivity index (χ4n) is 2.92. The number of rotatable bonds is 3. The Bertz CT molecular complexity index is 920. The van der Waals surface area contributed by atoms with Gasteiger partial charge in [-0.1, -0.05) is 42.5 Å². The summed E-state index contributed by atoms with van der Waals surface area (Å²) >= 11 is 0. The number of Topliss-reactive ketones (excluding diaryl/α,β-unsaturated/α-hetero) is 1. The van der Waals surface area contributed by atoms with E-state index in [4.69, 9.17) is 10.5 Å². The molecule has 0 fully saturated rings. The topological polar surface area (TPSA) is 96.3 Å². The molecule has 1 aliphatic heterocycles. The fourth-order valence-corrected chi connectivity index (χ4v) is 2.92. The molecule has 3 N–H and O–H groups in total. The maximum absolute atomic E-state index is 12.4. The molecule has 25 heavy (non-hydrogen) atoms. The van der Waals surface area contributed by atoms with Crippen LogP contribution in [0.5, 0.6) is 5.75 Å². The lowest BCUT2D eigenvalue weighted by atomic mass is 9.80. The molecule has 0 unspecified atom stereocenters. The van der Waals surface area contributed by atoms with Crippen LogP contribution in [0.15, 0.2) is 71.6 Å². The Kier molecular flexibility index (Phi) is 4.27. The number of carbonyl (C=O) groups is 1. The van der Waals surface area contributed by atoms with Gasteiger partial charge in [0.1, 0.15) is 23.2 Å². The van der Waals surface area contributed by atoms with Crippen LogP contribution in [0.1, 0.15) is 24.0 Å². The normalized spacial score (nSPS) is 17.0. The number of hydrogen-bond donors (Lipinski definition) is 2. The monoisotopic (exact) mass is 332 g/mol. The number of carbonyl (C=O) groups excluding carboxylic acids is 1. The highest BCUT2D eigenvalue weighted by Gasteiger charge is 2.35. The van der Waals surface area contributed by atoms with Gasteiger partial charge in [-0.15, -0.1) is 0 Å². The fraction of sp³-hybridized carbons (Fsp3) is 0.100. The van der Waals surface area contributed by atoms with Crippen molar-refractivity contribution in [2.24, 2.45) is 5.73 Å².